The summed E-state index contributed by atoms with van der Waals surface area (Å²) in [5.41, 5.74) is 1.32. The van der Waals surface area contributed by atoms with Gasteiger partial charge in [0.1, 0.15) is 5.82 Å². The summed E-state index contributed by atoms with van der Waals surface area (Å²) in [5, 5.41) is 0. The summed E-state index contributed by atoms with van der Waals surface area (Å²) in [6.45, 7) is 4.75. The number of hydrogen-bond acceptors (Lipinski definition) is 2. The second kappa shape index (κ2) is 5.04. The van der Waals surface area contributed by atoms with Crippen molar-refractivity contribution in [3.8, 4) is 0 Å². The van der Waals surface area contributed by atoms with Crippen molar-refractivity contribution >= 4 is 0 Å². The molecule has 0 saturated carbocycles. The van der Waals surface area contributed by atoms with Gasteiger partial charge in [-0.1, -0.05) is 13.3 Å². The molecule has 2 aliphatic heterocycles. The van der Waals surface area contributed by atoms with Gasteiger partial charge in [-0.3, -0.25) is 0 Å². The summed E-state index contributed by atoms with van der Waals surface area (Å²) in [6, 6.07) is 0.714. The molecule has 0 amide bonds. The summed E-state index contributed by atoms with van der Waals surface area (Å²) < 4.78 is 2.40. The fraction of sp³-hybridized carbons (Fsp3) is 0.800. The zero-order valence-corrected chi connectivity index (χ0v) is 11.7. The lowest BCUT2D eigenvalue weighted by Crippen LogP contribution is -2.37. The van der Waals surface area contributed by atoms with Crippen LogP contribution in [0.5, 0.6) is 0 Å². The molecule has 3 rings (SSSR count). The average Bonchev–Trinajstić information content (AvgIpc) is 2.76. The summed E-state index contributed by atoms with van der Waals surface area (Å²) in [4.78, 5) is 7.42. The predicted molar refractivity (Wildman–Crippen MR) is 73.8 cm³/mol. The van der Waals surface area contributed by atoms with Gasteiger partial charge in [-0.15, -0.1) is 0 Å². The van der Waals surface area contributed by atoms with Gasteiger partial charge in [0.2, 0.25) is 0 Å². The molecule has 18 heavy (non-hydrogen) atoms. The van der Waals surface area contributed by atoms with Gasteiger partial charge in [0.25, 0.3) is 0 Å². The largest absolute Gasteiger partial charge is 0.334 e. The molecule has 3 nitrogen and oxygen atoms in total. The first-order chi connectivity index (χ1) is 8.74. The highest BCUT2D eigenvalue weighted by atomic mass is 15.1. The Labute approximate surface area is 110 Å². The summed E-state index contributed by atoms with van der Waals surface area (Å²) in [6.07, 6.45) is 10.2. The zero-order valence-electron chi connectivity index (χ0n) is 11.7. The van der Waals surface area contributed by atoms with Crippen molar-refractivity contribution in [1.29, 1.82) is 0 Å². The first-order valence-electron chi connectivity index (χ1n) is 7.50. The Kier molecular flexibility index (Phi) is 3.42. The normalized spacial score (nSPS) is 29.2. The lowest BCUT2D eigenvalue weighted by molar-refractivity contribution is 0.184. The first kappa shape index (κ1) is 12.2. The van der Waals surface area contributed by atoms with Crippen molar-refractivity contribution < 1.29 is 0 Å². The molecule has 1 fully saturated rings. The fourth-order valence-electron chi connectivity index (χ4n) is 3.50. The van der Waals surface area contributed by atoms with E-state index < -0.39 is 0 Å². The molecule has 2 unspecified atom stereocenters. The number of likely N-dealkylation sites (tertiary alicyclic amines) is 1. The molecule has 1 aromatic heterocycles. The molecule has 0 spiro atoms. The fourth-order valence-corrected chi connectivity index (χ4v) is 3.50. The van der Waals surface area contributed by atoms with E-state index in [1.807, 2.05) is 0 Å². The molecule has 0 bridgehead atoms. The van der Waals surface area contributed by atoms with Crippen LogP contribution < -0.4 is 0 Å². The topological polar surface area (TPSA) is 21.1 Å². The maximum absolute atomic E-state index is 4.90. The third-order valence-electron chi connectivity index (χ3n) is 4.70. The van der Waals surface area contributed by atoms with Crippen molar-refractivity contribution in [1.82, 2.24) is 14.5 Å². The van der Waals surface area contributed by atoms with E-state index in [0.717, 1.165) is 6.42 Å². The maximum atomic E-state index is 4.90. The molecule has 1 aromatic rings. The SMILES string of the molecule is CC1CCCn2cc(CC3CCCCN3C)nc21. The number of nitrogens with zero attached hydrogens (tertiary/aromatic N) is 3. The summed E-state index contributed by atoms with van der Waals surface area (Å²) in [7, 11) is 2.27. The van der Waals surface area contributed by atoms with Crippen LogP contribution in [0.15, 0.2) is 6.20 Å². The lowest BCUT2D eigenvalue weighted by atomic mass is 9.99. The third-order valence-corrected chi connectivity index (χ3v) is 4.70. The summed E-state index contributed by atoms with van der Waals surface area (Å²) in [5.74, 6) is 1.98. The van der Waals surface area contributed by atoms with Crippen LogP contribution in [-0.2, 0) is 13.0 Å². The molecule has 0 aromatic carbocycles. The second-order valence-electron chi connectivity index (χ2n) is 6.16. The van der Waals surface area contributed by atoms with Crippen molar-refractivity contribution in [2.24, 2.45) is 0 Å². The number of fused-ring (bicyclic) bond motifs is 1. The van der Waals surface area contributed by atoms with Crippen LogP contribution in [0.4, 0.5) is 0 Å². The Morgan fingerprint density at radius 3 is 2.89 bits per heavy atom. The Morgan fingerprint density at radius 1 is 1.22 bits per heavy atom. The molecule has 0 radical (unpaired) electrons. The molecule has 2 atom stereocenters. The highest BCUT2D eigenvalue weighted by Crippen LogP contribution is 2.27. The van der Waals surface area contributed by atoms with E-state index in [1.165, 1.54) is 56.7 Å². The number of likely N-dealkylation sites (N-methyl/N-ethyl adjacent to an activating group) is 1. The van der Waals surface area contributed by atoms with Crippen LogP contribution in [0.25, 0.3) is 0 Å². The van der Waals surface area contributed by atoms with E-state index in [2.05, 4.69) is 29.6 Å². The van der Waals surface area contributed by atoms with Gasteiger partial charge in [-0.25, -0.2) is 4.98 Å². The molecule has 100 valence electrons. The highest BCUT2D eigenvalue weighted by molar-refractivity contribution is 5.11. The number of aromatic nitrogens is 2. The van der Waals surface area contributed by atoms with E-state index in [1.54, 1.807) is 0 Å². The number of imidazole rings is 1. The molecule has 3 heterocycles. The number of aryl methyl sites for hydroxylation is 1. The van der Waals surface area contributed by atoms with Gasteiger partial charge < -0.3 is 9.47 Å². The van der Waals surface area contributed by atoms with Gasteiger partial charge in [0.15, 0.2) is 0 Å². The minimum Gasteiger partial charge on any atom is -0.334 e. The molecule has 0 N–H and O–H groups in total. The van der Waals surface area contributed by atoms with E-state index in [0.29, 0.717) is 12.0 Å². The smallest absolute Gasteiger partial charge is 0.111 e. The van der Waals surface area contributed by atoms with Gasteiger partial charge in [-0.2, -0.15) is 0 Å². The Bertz CT molecular complexity index is 410. The Balaban J connectivity index is 1.73. The van der Waals surface area contributed by atoms with Crippen LogP contribution in [0.1, 0.15) is 56.5 Å². The molecule has 2 aliphatic rings. The molecular formula is C15H25N3. The van der Waals surface area contributed by atoms with E-state index in [4.69, 9.17) is 4.98 Å². The highest BCUT2D eigenvalue weighted by Gasteiger charge is 2.23. The average molecular weight is 247 g/mol. The monoisotopic (exact) mass is 247 g/mol. The number of hydrogen-bond donors (Lipinski definition) is 0. The van der Waals surface area contributed by atoms with Crippen molar-refractivity contribution in [3.05, 3.63) is 17.7 Å². The molecule has 1 saturated heterocycles. The van der Waals surface area contributed by atoms with Crippen molar-refractivity contribution in [2.75, 3.05) is 13.6 Å². The van der Waals surface area contributed by atoms with Gasteiger partial charge >= 0.3 is 0 Å². The minimum atomic E-state index is 0.650. The van der Waals surface area contributed by atoms with Crippen LogP contribution in [-0.4, -0.2) is 34.1 Å². The minimum absolute atomic E-state index is 0.650. The van der Waals surface area contributed by atoms with Crippen molar-refractivity contribution in [2.45, 2.75) is 64.0 Å². The number of rotatable bonds is 2. The molecule has 0 aliphatic carbocycles. The Hall–Kier alpha value is -0.830. The number of piperidine rings is 1. The van der Waals surface area contributed by atoms with Gasteiger partial charge in [-0.05, 0) is 39.3 Å². The van der Waals surface area contributed by atoms with Crippen LogP contribution >= 0.6 is 0 Å². The van der Waals surface area contributed by atoms with Gasteiger partial charge in [0.05, 0.1) is 5.69 Å². The quantitative estimate of drug-likeness (QED) is 0.801. The Morgan fingerprint density at radius 2 is 2.11 bits per heavy atom. The predicted octanol–water partition coefficient (Wildman–Crippen LogP) is 2.81. The first-order valence-corrected chi connectivity index (χ1v) is 7.50. The molecule has 3 heteroatoms. The second-order valence-corrected chi connectivity index (χ2v) is 6.16. The summed E-state index contributed by atoms with van der Waals surface area (Å²) >= 11 is 0. The van der Waals surface area contributed by atoms with E-state index in [9.17, 15) is 0 Å². The maximum Gasteiger partial charge on any atom is 0.111 e. The van der Waals surface area contributed by atoms with E-state index >= 15 is 0 Å². The molecular weight excluding hydrogens is 222 g/mol. The van der Waals surface area contributed by atoms with E-state index in [-0.39, 0.29) is 0 Å². The lowest BCUT2D eigenvalue weighted by Gasteiger charge is -2.31. The van der Waals surface area contributed by atoms with Crippen molar-refractivity contribution in [3.63, 3.8) is 0 Å². The standard InChI is InChI=1S/C15H25N3/c1-12-6-5-9-18-11-13(16-15(12)18)10-14-7-3-4-8-17(14)2/h11-12,14H,3-10H2,1-2H3. The van der Waals surface area contributed by atoms with Crippen LogP contribution in [0.2, 0.25) is 0 Å². The van der Waals surface area contributed by atoms with Crippen LogP contribution in [0.3, 0.4) is 0 Å². The zero-order chi connectivity index (χ0) is 12.5. The third kappa shape index (κ3) is 2.33. The van der Waals surface area contributed by atoms with Crippen LogP contribution in [0, 0.1) is 0 Å². The van der Waals surface area contributed by atoms with Gasteiger partial charge in [0, 0.05) is 31.1 Å².